The molecule has 1 aliphatic rings. The quantitative estimate of drug-likeness (QED) is 0.860. The Morgan fingerprint density at radius 2 is 1.95 bits per heavy atom. The Labute approximate surface area is 117 Å². The summed E-state index contributed by atoms with van der Waals surface area (Å²) < 4.78 is 40.5. The van der Waals surface area contributed by atoms with E-state index in [9.17, 15) is 13.2 Å². The van der Waals surface area contributed by atoms with Crippen molar-refractivity contribution in [3.05, 3.63) is 24.3 Å². The van der Waals surface area contributed by atoms with Crippen LogP contribution in [0.2, 0.25) is 0 Å². The van der Waals surface area contributed by atoms with Crippen LogP contribution in [-0.2, 0) is 0 Å². The number of nitrogens with one attached hydrogen (secondary N) is 1. The molecule has 2 atom stereocenters. The summed E-state index contributed by atoms with van der Waals surface area (Å²) in [4.78, 5) is 0. The molecule has 2 nitrogen and oxygen atoms in total. The van der Waals surface area contributed by atoms with Crippen LogP contribution in [0.3, 0.4) is 0 Å². The molecule has 1 aromatic rings. The predicted octanol–water partition coefficient (Wildman–Crippen LogP) is 4.82. The number of benzene rings is 1. The lowest BCUT2D eigenvalue weighted by Crippen LogP contribution is -2.22. The van der Waals surface area contributed by atoms with Crippen molar-refractivity contribution in [2.75, 3.05) is 5.32 Å². The van der Waals surface area contributed by atoms with Gasteiger partial charge in [0.05, 0.1) is 0 Å². The lowest BCUT2D eigenvalue weighted by Gasteiger charge is -2.20. The van der Waals surface area contributed by atoms with Crippen molar-refractivity contribution in [3.8, 4) is 5.75 Å². The van der Waals surface area contributed by atoms with Crippen LogP contribution < -0.4 is 10.1 Å². The molecule has 0 heterocycles. The van der Waals surface area contributed by atoms with E-state index in [0.717, 1.165) is 12.8 Å². The van der Waals surface area contributed by atoms with Crippen LogP contribution in [0.4, 0.5) is 18.9 Å². The molecule has 0 radical (unpaired) electrons. The van der Waals surface area contributed by atoms with Crippen LogP contribution in [0, 0.1) is 11.3 Å². The van der Waals surface area contributed by atoms with E-state index in [1.807, 2.05) is 0 Å². The first-order valence-electron chi connectivity index (χ1n) is 6.77. The van der Waals surface area contributed by atoms with E-state index in [2.05, 4.69) is 30.8 Å². The summed E-state index contributed by atoms with van der Waals surface area (Å²) in [5.41, 5.74) is 0.943. The Hall–Kier alpha value is -1.39. The van der Waals surface area contributed by atoms with Crippen molar-refractivity contribution in [1.82, 2.24) is 0 Å². The molecular formula is C15H20F3NO. The Bertz CT molecular complexity index is 470. The molecule has 1 fully saturated rings. The molecule has 0 amide bonds. The van der Waals surface area contributed by atoms with E-state index in [4.69, 9.17) is 0 Å². The van der Waals surface area contributed by atoms with Gasteiger partial charge in [0.25, 0.3) is 0 Å². The molecule has 5 heteroatoms. The zero-order valence-corrected chi connectivity index (χ0v) is 11.9. The summed E-state index contributed by atoms with van der Waals surface area (Å²) >= 11 is 0. The van der Waals surface area contributed by atoms with Gasteiger partial charge in [0, 0.05) is 17.8 Å². The van der Waals surface area contributed by atoms with Gasteiger partial charge in [-0.25, -0.2) is 0 Å². The van der Waals surface area contributed by atoms with Crippen molar-refractivity contribution in [1.29, 1.82) is 0 Å². The SMILES string of the molecule is CC1CC(C)(C)CC1Nc1cccc(OC(F)(F)F)c1. The number of alkyl halides is 3. The van der Waals surface area contributed by atoms with Crippen molar-refractivity contribution >= 4 is 5.69 Å². The maximum Gasteiger partial charge on any atom is 0.573 e. The molecule has 0 aliphatic heterocycles. The monoisotopic (exact) mass is 287 g/mol. The first kappa shape index (κ1) is 15.0. The van der Waals surface area contributed by atoms with Gasteiger partial charge in [0.1, 0.15) is 5.75 Å². The van der Waals surface area contributed by atoms with E-state index >= 15 is 0 Å². The normalized spacial score (nSPS) is 25.5. The molecule has 2 rings (SSSR count). The largest absolute Gasteiger partial charge is 0.573 e. The van der Waals surface area contributed by atoms with Gasteiger partial charge in [-0.1, -0.05) is 26.8 Å². The highest BCUT2D eigenvalue weighted by molar-refractivity contribution is 5.49. The smallest absolute Gasteiger partial charge is 0.406 e. The number of halogens is 3. The fraction of sp³-hybridized carbons (Fsp3) is 0.600. The minimum Gasteiger partial charge on any atom is -0.406 e. The Morgan fingerprint density at radius 1 is 1.25 bits per heavy atom. The molecule has 2 unspecified atom stereocenters. The van der Waals surface area contributed by atoms with Crippen molar-refractivity contribution < 1.29 is 17.9 Å². The lowest BCUT2D eigenvalue weighted by atomic mass is 9.91. The fourth-order valence-electron chi connectivity index (χ4n) is 3.08. The molecule has 20 heavy (non-hydrogen) atoms. The van der Waals surface area contributed by atoms with Gasteiger partial charge in [-0.2, -0.15) is 0 Å². The average Bonchev–Trinajstić information content (AvgIpc) is 2.49. The minimum absolute atomic E-state index is 0.188. The predicted molar refractivity (Wildman–Crippen MR) is 72.7 cm³/mol. The lowest BCUT2D eigenvalue weighted by molar-refractivity contribution is -0.274. The fourth-order valence-corrected chi connectivity index (χ4v) is 3.08. The van der Waals surface area contributed by atoms with Gasteiger partial charge in [0.2, 0.25) is 0 Å². The van der Waals surface area contributed by atoms with E-state index in [1.165, 1.54) is 12.1 Å². The molecular weight excluding hydrogens is 267 g/mol. The molecule has 112 valence electrons. The third-order valence-corrected chi connectivity index (χ3v) is 3.75. The molecule has 1 N–H and O–H groups in total. The maximum absolute atomic E-state index is 12.2. The number of anilines is 1. The van der Waals surface area contributed by atoms with Crippen LogP contribution in [-0.4, -0.2) is 12.4 Å². The van der Waals surface area contributed by atoms with Crippen LogP contribution in [0.15, 0.2) is 24.3 Å². The highest BCUT2D eigenvalue weighted by atomic mass is 19.4. The minimum atomic E-state index is -4.65. The average molecular weight is 287 g/mol. The van der Waals surface area contributed by atoms with E-state index < -0.39 is 6.36 Å². The summed E-state index contributed by atoms with van der Waals surface area (Å²) in [5.74, 6) is 0.310. The van der Waals surface area contributed by atoms with Gasteiger partial charge >= 0.3 is 6.36 Å². The van der Waals surface area contributed by atoms with Gasteiger partial charge in [-0.15, -0.1) is 13.2 Å². The van der Waals surface area contributed by atoms with Gasteiger partial charge < -0.3 is 10.1 Å². The Morgan fingerprint density at radius 3 is 2.50 bits per heavy atom. The standard InChI is InChI=1S/C15H20F3NO/c1-10-8-14(2,3)9-13(10)19-11-5-4-6-12(7-11)20-15(16,17)18/h4-7,10,13,19H,8-9H2,1-3H3. The van der Waals surface area contributed by atoms with Crippen LogP contribution >= 0.6 is 0 Å². The summed E-state index contributed by atoms with van der Waals surface area (Å²) in [6, 6.07) is 6.31. The second-order valence-corrected chi connectivity index (χ2v) is 6.38. The molecule has 1 saturated carbocycles. The topological polar surface area (TPSA) is 21.3 Å². The second-order valence-electron chi connectivity index (χ2n) is 6.38. The van der Waals surface area contributed by atoms with Gasteiger partial charge in [-0.05, 0) is 36.3 Å². The van der Waals surface area contributed by atoms with E-state index in [-0.39, 0.29) is 17.2 Å². The highest BCUT2D eigenvalue weighted by Crippen LogP contribution is 2.42. The first-order valence-corrected chi connectivity index (χ1v) is 6.77. The van der Waals surface area contributed by atoms with Crippen LogP contribution in [0.1, 0.15) is 33.6 Å². The highest BCUT2D eigenvalue weighted by Gasteiger charge is 2.36. The second kappa shape index (κ2) is 5.19. The molecule has 0 spiro atoms. The van der Waals surface area contributed by atoms with Gasteiger partial charge in [0.15, 0.2) is 0 Å². The summed E-state index contributed by atoms with van der Waals surface area (Å²) in [7, 11) is 0. The number of rotatable bonds is 3. The zero-order chi connectivity index (χ0) is 15.0. The summed E-state index contributed by atoms with van der Waals surface area (Å²) in [6.07, 6.45) is -2.52. The third kappa shape index (κ3) is 4.05. The molecule has 1 aliphatic carbocycles. The van der Waals surface area contributed by atoms with E-state index in [0.29, 0.717) is 11.6 Å². The summed E-state index contributed by atoms with van der Waals surface area (Å²) in [5, 5.41) is 3.33. The maximum atomic E-state index is 12.2. The van der Waals surface area contributed by atoms with E-state index in [1.54, 1.807) is 12.1 Å². The Balaban J connectivity index is 2.05. The molecule has 1 aromatic carbocycles. The Kier molecular flexibility index (Phi) is 3.89. The zero-order valence-electron chi connectivity index (χ0n) is 11.9. The van der Waals surface area contributed by atoms with Crippen LogP contribution in [0.5, 0.6) is 5.75 Å². The number of ether oxygens (including phenoxy) is 1. The van der Waals surface area contributed by atoms with Gasteiger partial charge in [-0.3, -0.25) is 0 Å². The molecule has 0 bridgehead atoms. The first-order chi connectivity index (χ1) is 9.15. The van der Waals surface area contributed by atoms with Crippen LogP contribution in [0.25, 0.3) is 0 Å². The number of hydrogen-bond donors (Lipinski definition) is 1. The molecule has 0 saturated heterocycles. The van der Waals surface area contributed by atoms with Crippen molar-refractivity contribution in [2.45, 2.75) is 46.0 Å². The van der Waals surface area contributed by atoms with Crippen molar-refractivity contribution in [3.63, 3.8) is 0 Å². The number of hydrogen-bond acceptors (Lipinski definition) is 2. The third-order valence-electron chi connectivity index (χ3n) is 3.75. The summed E-state index contributed by atoms with van der Waals surface area (Å²) in [6.45, 7) is 6.60. The molecule has 0 aromatic heterocycles. The van der Waals surface area contributed by atoms with Crippen molar-refractivity contribution in [2.24, 2.45) is 11.3 Å².